The Hall–Kier alpha value is -0.430. The van der Waals surface area contributed by atoms with Crippen molar-refractivity contribution in [2.24, 2.45) is 0 Å². The maximum atomic E-state index is 7.92. The summed E-state index contributed by atoms with van der Waals surface area (Å²) in [5, 5.41) is 10.9. The fourth-order valence-corrected chi connectivity index (χ4v) is 2.90. The summed E-state index contributed by atoms with van der Waals surface area (Å²) in [5.41, 5.74) is 1.07. The Balaban J connectivity index is 2.56. The molecule has 106 valence electrons. The zero-order chi connectivity index (χ0) is 14.3. The van der Waals surface area contributed by atoms with E-state index in [0.29, 0.717) is 19.8 Å². The molecule has 19 heavy (non-hydrogen) atoms. The molecule has 4 nitrogen and oxygen atoms in total. The minimum absolute atomic E-state index is 0.236. The molecular formula is C13H18Br2N2O2. The van der Waals surface area contributed by atoms with Gasteiger partial charge in [-0.1, -0.05) is 31.9 Å². The van der Waals surface area contributed by atoms with Crippen molar-refractivity contribution in [3.63, 3.8) is 0 Å². The van der Waals surface area contributed by atoms with Gasteiger partial charge in [-0.25, -0.2) is 0 Å². The first-order chi connectivity index (χ1) is 9.06. The second-order valence-electron chi connectivity index (χ2n) is 3.79. The highest BCUT2D eigenvalue weighted by molar-refractivity contribution is 9.11. The van der Waals surface area contributed by atoms with Gasteiger partial charge in [0.25, 0.3) is 0 Å². The summed E-state index contributed by atoms with van der Waals surface area (Å²) in [6.07, 6.45) is -0.620. The van der Waals surface area contributed by atoms with E-state index in [4.69, 9.17) is 14.9 Å². The van der Waals surface area contributed by atoms with Crippen LogP contribution in [0.15, 0.2) is 27.1 Å². The number of nitrogens with one attached hydrogen (secondary N) is 2. The van der Waals surface area contributed by atoms with E-state index in [0.717, 1.165) is 14.5 Å². The molecule has 0 aliphatic heterocycles. The molecule has 0 heterocycles. The predicted octanol–water partition coefficient (Wildman–Crippen LogP) is 3.68. The molecule has 0 atom stereocenters. The Kier molecular flexibility index (Phi) is 7.60. The summed E-state index contributed by atoms with van der Waals surface area (Å²) >= 11 is 6.88. The van der Waals surface area contributed by atoms with Gasteiger partial charge in [0.2, 0.25) is 6.29 Å². The first kappa shape index (κ1) is 16.6. The molecule has 1 rings (SSSR count). The average Bonchev–Trinajstić information content (AvgIpc) is 2.34. The highest BCUT2D eigenvalue weighted by Gasteiger charge is 2.14. The fourth-order valence-electron chi connectivity index (χ4n) is 1.51. The van der Waals surface area contributed by atoms with Crippen molar-refractivity contribution in [2.45, 2.75) is 26.7 Å². The van der Waals surface area contributed by atoms with E-state index >= 15 is 0 Å². The fraction of sp³-hybridized carbons (Fsp3) is 0.462. The molecule has 0 amide bonds. The molecule has 2 N–H and O–H groups in total. The van der Waals surface area contributed by atoms with Crippen LogP contribution in [0, 0.1) is 5.41 Å². The number of ether oxygens (including phenoxy) is 2. The Morgan fingerprint density at radius 1 is 1.16 bits per heavy atom. The van der Waals surface area contributed by atoms with Gasteiger partial charge in [0.05, 0.1) is 0 Å². The largest absolute Gasteiger partial charge is 0.366 e. The maximum absolute atomic E-state index is 7.92. The molecule has 0 fully saturated rings. The third kappa shape index (κ3) is 6.03. The number of amidine groups is 1. The Morgan fingerprint density at radius 2 is 1.68 bits per heavy atom. The number of hydrogen-bond acceptors (Lipinski definition) is 3. The summed E-state index contributed by atoms with van der Waals surface area (Å²) in [6.45, 7) is 5.33. The van der Waals surface area contributed by atoms with Crippen molar-refractivity contribution < 1.29 is 9.47 Å². The quantitative estimate of drug-likeness (QED) is 0.422. The predicted molar refractivity (Wildman–Crippen MR) is 83.4 cm³/mol. The highest BCUT2D eigenvalue weighted by atomic mass is 79.9. The summed E-state index contributed by atoms with van der Waals surface area (Å²) in [6, 6.07) is 5.97. The van der Waals surface area contributed by atoms with E-state index in [1.54, 1.807) is 0 Å². The highest BCUT2D eigenvalue weighted by Crippen LogP contribution is 2.20. The molecule has 0 unspecified atom stereocenters. The van der Waals surface area contributed by atoms with Crippen LogP contribution < -0.4 is 5.32 Å². The molecule has 0 radical (unpaired) electrons. The maximum Gasteiger partial charge on any atom is 0.216 e. The van der Waals surface area contributed by atoms with Crippen LogP contribution in [-0.4, -0.2) is 25.3 Å². The summed E-state index contributed by atoms with van der Waals surface area (Å²) < 4.78 is 12.7. The Bertz CT molecular complexity index is 401. The molecule has 0 aliphatic rings. The normalized spacial score (nSPS) is 10.8. The third-order valence-electron chi connectivity index (χ3n) is 2.28. The molecule has 1 aromatic carbocycles. The number of halogens is 2. The average molecular weight is 394 g/mol. The van der Waals surface area contributed by atoms with E-state index in [1.165, 1.54) is 0 Å². The van der Waals surface area contributed by atoms with Crippen LogP contribution in [0.25, 0.3) is 0 Å². The molecule has 0 saturated carbocycles. The van der Waals surface area contributed by atoms with Gasteiger partial charge in [-0.05, 0) is 37.6 Å². The summed E-state index contributed by atoms with van der Waals surface area (Å²) in [5.74, 6) is 0.236. The van der Waals surface area contributed by atoms with Crippen LogP contribution in [0.4, 0.5) is 0 Å². The van der Waals surface area contributed by atoms with Crippen LogP contribution in [0.1, 0.15) is 19.4 Å². The van der Waals surface area contributed by atoms with Crippen LogP contribution in [0.3, 0.4) is 0 Å². The molecule has 0 saturated heterocycles. The van der Waals surface area contributed by atoms with Crippen molar-refractivity contribution >= 4 is 37.7 Å². The van der Waals surface area contributed by atoms with E-state index in [2.05, 4.69) is 37.2 Å². The molecule has 1 aromatic rings. The van der Waals surface area contributed by atoms with Crippen molar-refractivity contribution in [1.82, 2.24) is 5.32 Å². The molecule has 0 bridgehead atoms. The van der Waals surface area contributed by atoms with Gasteiger partial charge in [0.1, 0.15) is 0 Å². The van der Waals surface area contributed by atoms with Gasteiger partial charge in [0.15, 0.2) is 5.84 Å². The second-order valence-corrected chi connectivity index (χ2v) is 5.62. The van der Waals surface area contributed by atoms with Gasteiger partial charge in [-0.15, -0.1) is 0 Å². The monoisotopic (exact) mass is 392 g/mol. The van der Waals surface area contributed by atoms with Crippen molar-refractivity contribution in [3.8, 4) is 0 Å². The van der Waals surface area contributed by atoms with Gasteiger partial charge >= 0.3 is 0 Å². The Labute approximate surface area is 130 Å². The number of benzene rings is 1. The molecule has 0 spiro atoms. The van der Waals surface area contributed by atoms with Crippen LogP contribution in [-0.2, 0) is 16.0 Å². The minimum atomic E-state index is -0.620. The zero-order valence-electron chi connectivity index (χ0n) is 11.0. The van der Waals surface area contributed by atoms with Crippen LogP contribution in [0.5, 0.6) is 0 Å². The lowest BCUT2D eigenvalue weighted by molar-refractivity contribution is -0.0923. The van der Waals surface area contributed by atoms with Gasteiger partial charge in [0, 0.05) is 28.7 Å². The van der Waals surface area contributed by atoms with E-state index in [1.807, 2.05) is 32.0 Å². The van der Waals surface area contributed by atoms with Crippen LogP contribution in [0.2, 0.25) is 0 Å². The lowest BCUT2D eigenvalue weighted by Crippen LogP contribution is -2.37. The molecular weight excluding hydrogens is 376 g/mol. The standard InChI is InChI=1S/C13H18Br2N2O2/c1-3-18-13(19-4-2)12(16)17-8-9-5-10(14)7-11(15)6-9/h5-7,13H,3-4,8H2,1-2H3,(H2,16,17). The van der Waals surface area contributed by atoms with Crippen molar-refractivity contribution in [3.05, 3.63) is 32.7 Å². The minimum Gasteiger partial charge on any atom is -0.366 e. The van der Waals surface area contributed by atoms with Gasteiger partial charge < -0.3 is 14.8 Å². The molecule has 6 heteroatoms. The van der Waals surface area contributed by atoms with Gasteiger partial charge in [-0.2, -0.15) is 0 Å². The van der Waals surface area contributed by atoms with Crippen molar-refractivity contribution in [1.29, 1.82) is 5.41 Å². The number of rotatable bonds is 7. The molecule has 0 aliphatic carbocycles. The first-order valence-corrected chi connectivity index (χ1v) is 7.65. The smallest absolute Gasteiger partial charge is 0.216 e. The van der Waals surface area contributed by atoms with E-state index in [9.17, 15) is 0 Å². The number of hydrogen-bond donors (Lipinski definition) is 2. The topological polar surface area (TPSA) is 54.3 Å². The third-order valence-corrected chi connectivity index (χ3v) is 3.19. The van der Waals surface area contributed by atoms with Gasteiger partial charge in [-0.3, -0.25) is 5.41 Å². The lowest BCUT2D eigenvalue weighted by atomic mass is 10.2. The SMILES string of the molecule is CCOC(OCC)C(=N)NCc1cc(Br)cc(Br)c1. The summed E-state index contributed by atoms with van der Waals surface area (Å²) in [4.78, 5) is 0. The first-order valence-electron chi connectivity index (χ1n) is 6.07. The van der Waals surface area contributed by atoms with Crippen LogP contribution >= 0.6 is 31.9 Å². The zero-order valence-corrected chi connectivity index (χ0v) is 14.2. The second kappa shape index (κ2) is 8.68. The lowest BCUT2D eigenvalue weighted by Gasteiger charge is -2.19. The van der Waals surface area contributed by atoms with E-state index < -0.39 is 6.29 Å². The Morgan fingerprint density at radius 3 is 2.16 bits per heavy atom. The summed E-state index contributed by atoms with van der Waals surface area (Å²) in [7, 11) is 0. The van der Waals surface area contributed by atoms with E-state index in [-0.39, 0.29) is 5.84 Å². The molecule has 0 aromatic heterocycles. The van der Waals surface area contributed by atoms with Crippen molar-refractivity contribution in [2.75, 3.05) is 13.2 Å².